The summed E-state index contributed by atoms with van der Waals surface area (Å²) in [5.41, 5.74) is 5.94. The molecule has 0 saturated carbocycles. The van der Waals surface area contributed by atoms with Crippen molar-refractivity contribution in [3.8, 4) is 0 Å². The number of hydrogen-bond acceptors (Lipinski definition) is 4. The summed E-state index contributed by atoms with van der Waals surface area (Å²) in [6, 6.07) is 0.390. The lowest BCUT2D eigenvalue weighted by Crippen LogP contribution is -2.53. The van der Waals surface area contributed by atoms with Crippen molar-refractivity contribution in [2.75, 3.05) is 32.8 Å². The molecule has 0 aromatic rings. The van der Waals surface area contributed by atoms with Crippen LogP contribution in [-0.2, 0) is 9.47 Å². The zero-order valence-electron chi connectivity index (χ0n) is 10.9. The number of rotatable bonds is 5. The van der Waals surface area contributed by atoms with Gasteiger partial charge in [-0.3, -0.25) is 4.90 Å². The summed E-state index contributed by atoms with van der Waals surface area (Å²) >= 11 is 0. The normalized spacial score (nSPS) is 32.8. The number of hydrogen-bond donors (Lipinski definition) is 1. The lowest BCUT2D eigenvalue weighted by atomic mass is 10.0. The van der Waals surface area contributed by atoms with Crippen LogP contribution >= 0.6 is 0 Å². The molecule has 2 rings (SSSR count). The number of piperidine rings is 1. The van der Waals surface area contributed by atoms with Crippen molar-refractivity contribution in [2.24, 2.45) is 5.73 Å². The molecule has 0 amide bonds. The summed E-state index contributed by atoms with van der Waals surface area (Å²) in [6.45, 7) is 6.65. The maximum Gasteiger partial charge on any atom is 0.0743 e. The molecule has 17 heavy (non-hydrogen) atoms. The van der Waals surface area contributed by atoms with Crippen LogP contribution in [0.2, 0.25) is 0 Å². The first kappa shape index (κ1) is 13.3. The quantitative estimate of drug-likeness (QED) is 0.781. The number of nitrogens with zero attached hydrogens (tertiary/aromatic N) is 1. The van der Waals surface area contributed by atoms with Gasteiger partial charge in [-0.15, -0.1) is 0 Å². The minimum atomic E-state index is 0.348. The Morgan fingerprint density at radius 2 is 2.29 bits per heavy atom. The van der Waals surface area contributed by atoms with Crippen LogP contribution < -0.4 is 5.73 Å². The van der Waals surface area contributed by atoms with Crippen LogP contribution in [0.1, 0.15) is 32.6 Å². The second-order valence-corrected chi connectivity index (χ2v) is 5.07. The number of likely N-dealkylation sites (tertiary alicyclic amines) is 1. The lowest BCUT2D eigenvalue weighted by molar-refractivity contribution is -0.0360. The van der Waals surface area contributed by atoms with Crippen LogP contribution in [0, 0.1) is 0 Å². The van der Waals surface area contributed by atoms with Crippen molar-refractivity contribution >= 4 is 0 Å². The van der Waals surface area contributed by atoms with E-state index in [9.17, 15) is 0 Å². The van der Waals surface area contributed by atoms with Crippen LogP contribution in [0.3, 0.4) is 0 Å². The molecule has 2 heterocycles. The highest BCUT2D eigenvalue weighted by Gasteiger charge is 2.32. The van der Waals surface area contributed by atoms with E-state index in [4.69, 9.17) is 15.2 Å². The largest absolute Gasteiger partial charge is 0.377 e. The Morgan fingerprint density at radius 3 is 2.94 bits per heavy atom. The fourth-order valence-electron chi connectivity index (χ4n) is 3.08. The van der Waals surface area contributed by atoms with Gasteiger partial charge in [0.05, 0.1) is 12.2 Å². The van der Waals surface area contributed by atoms with Gasteiger partial charge in [0.25, 0.3) is 0 Å². The van der Waals surface area contributed by atoms with Gasteiger partial charge in [-0.25, -0.2) is 0 Å². The van der Waals surface area contributed by atoms with Crippen molar-refractivity contribution < 1.29 is 9.47 Å². The zero-order valence-corrected chi connectivity index (χ0v) is 10.9. The molecule has 0 aromatic carbocycles. The molecule has 0 radical (unpaired) electrons. The van der Waals surface area contributed by atoms with Crippen molar-refractivity contribution in [1.29, 1.82) is 0 Å². The molecule has 2 N–H and O–H groups in total. The maximum absolute atomic E-state index is 5.94. The standard InChI is InChI=1S/C13H26N2O2/c1-2-16-11-5-3-7-15(10-11)12(9-14)13-6-4-8-17-13/h11-13H,2-10,14H2,1H3. The highest BCUT2D eigenvalue weighted by molar-refractivity contribution is 4.87. The Labute approximate surface area is 104 Å². The third-order valence-electron chi connectivity index (χ3n) is 3.92. The smallest absolute Gasteiger partial charge is 0.0743 e. The molecular weight excluding hydrogens is 216 g/mol. The molecule has 100 valence electrons. The summed E-state index contributed by atoms with van der Waals surface area (Å²) in [5, 5.41) is 0. The molecule has 3 atom stereocenters. The van der Waals surface area contributed by atoms with Gasteiger partial charge in [0.1, 0.15) is 0 Å². The lowest BCUT2D eigenvalue weighted by Gasteiger charge is -2.39. The first-order valence-corrected chi connectivity index (χ1v) is 7.02. The average Bonchev–Trinajstić information content (AvgIpc) is 2.85. The second kappa shape index (κ2) is 6.69. The van der Waals surface area contributed by atoms with Gasteiger partial charge in [-0.1, -0.05) is 0 Å². The van der Waals surface area contributed by atoms with Crippen molar-refractivity contribution in [1.82, 2.24) is 4.90 Å². The fraction of sp³-hybridized carbons (Fsp3) is 1.00. The maximum atomic E-state index is 5.94. The van der Waals surface area contributed by atoms with E-state index in [1.165, 1.54) is 19.3 Å². The summed E-state index contributed by atoms with van der Waals surface area (Å²) < 4.78 is 11.5. The van der Waals surface area contributed by atoms with Crippen LogP contribution in [0.25, 0.3) is 0 Å². The molecule has 2 aliphatic rings. The third kappa shape index (κ3) is 3.41. The molecule has 4 heteroatoms. The molecule has 0 aromatic heterocycles. The second-order valence-electron chi connectivity index (χ2n) is 5.07. The SMILES string of the molecule is CCOC1CCCN(C(CN)C2CCCO2)C1. The van der Waals surface area contributed by atoms with Crippen molar-refractivity contribution in [3.63, 3.8) is 0 Å². The van der Waals surface area contributed by atoms with E-state index >= 15 is 0 Å². The summed E-state index contributed by atoms with van der Waals surface area (Å²) in [7, 11) is 0. The Morgan fingerprint density at radius 1 is 1.41 bits per heavy atom. The summed E-state index contributed by atoms with van der Waals surface area (Å²) in [5.74, 6) is 0. The molecular formula is C13H26N2O2. The molecule has 0 bridgehead atoms. The molecule has 2 aliphatic heterocycles. The molecule has 0 aliphatic carbocycles. The third-order valence-corrected chi connectivity index (χ3v) is 3.92. The molecule has 4 nitrogen and oxygen atoms in total. The van der Waals surface area contributed by atoms with Crippen molar-refractivity contribution in [2.45, 2.75) is 50.9 Å². The topological polar surface area (TPSA) is 47.7 Å². The number of ether oxygens (including phenoxy) is 2. The predicted octanol–water partition coefficient (Wildman–Crippen LogP) is 0.994. The molecule has 2 saturated heterocycles. The number of nitrogens with two attached hydrogens (primary N) is 1. The fourth-order valence-corrected chi connectivity index (χ4v) is 3.08. The van der Waals surface area contributed by atoms with Gasteiger partial charge in [0.2, 0.25) is 0 Å². The Kier molecular flexibility index (Phi) is 5.22. The minimum absolute atomic E-state index is 0.348. The van der Waals surface area contributed by atoms with Crippen LogP contribution in [0.15, 0.2) is 0 Å². The monoisotopic (exact) mass is 242 g/mol. The zero-order chi connectivity index (χ0) is 12.1. The van der Waals surface area contributed by atoms with Crippen LogP contribution in [0.4, 0.5) is 0 Å². The average molecular weight is 242 g/mol. The van der Waals surface area contributed by atoms with Gasteiger partial charge in [0, 0.05) is 32.3 Å². The first-order chi connectivity index (χ1) is 8.35. The highest BCUT2D eigenvalue weighted by atomic mass is 16.5. The molecule has 2 fully saturated rings. The van der Waals surface area contributed by atoms with Gasteiger partial charge in [-0.2, -0.15) is 0 Å². The van der Waals surface area contributed by atoms with E-state index in [0.717, 1.165) is 32.7 Å². The summed E-state index contributed by atoms with van der Waals surface area (Å²) in [6.07, 6.45) is 5.49. The first-order valence-electron chi connectivity index (χ1n) is 7.02. The molecule has 0 spiro atoms. The van der Waals surface area contributed by atoms with Crippen molar-refractivity contribution in [3.05, 3.63) is 0 Å². The van der Waals surface area contributed by atoms with Gasteiger partial charge >= 0.3 is 0 Å². The van der Waals surface area contributed by atoms with E-state index in [-0.39, 0.29) is 0 Å². The highest BCUT2D eigenvalue weighted by Crippen LogP contribution is 2.23. The Bertz CT molecular complexity index is 217. The van der Waals surface area contributed by atoms with Gasteiger partial charge in [-0.05, 0) is 39.2 Å². The van der Waals surface area contributed by atoms with E-state index < -0.39 is 0 Å². The Hall–Kier alpha value is -0.160. The van der Waals surface area contributed by atoms with E-state index in [1.54, 1.807) is 0 Å². The van der Waals surface area contributed by atoms with Gasteiger partial charge < -0.3 is 15.2 Å². The van der Waals surface area contributed by atoms with Crippen LogP contribution in [-0.4, -0.2) is 56.0 Å². The minimum Gasteiger partial charge on any atom is -0.377 e. The van der Waals surface area contributed by atoms with Crippen LogP contribution in [0.5, 0.6) is 0 Å². The van der Waals surface area contributed by atoms with Gasteiger partial charge in [0.15, 0.2) is 0 Å². The predicted molar refractivity (Wildman–Crippen MR) is 68.0 cm³/mol. The molecule has 3 unspecified atom stereocenters. The van der Waals surface area contributed by atoms with E-state index in [1.807, 2.05) is 0 Å². The summed E-state index contributed by atoms with van der Waals surface area (Å²) in [4.78, 5) is 2.49. The van der Waals surface area contributed by atoms with E-state index in [0.29, 0.717) is 24.8 Å². The Balaban J connectivity index is 1.89. The van der Waals surface area contributed by atoms with E-state index in [2.05, 4.69) is 11.8 Å².